The fourth-order valence-electron chi connectivity index (χ4n) is 2.82. The summed E-state index contributed by atoms with van der Waals surface area (Å²) < 4.78 is 5.96. The van der Waals surface area contributed by atoms with Gasteiger partial charge in [-0.15, -0.1) is 0 Å². The van der Waals surface area contributed by atoms with Gasteiger partial charge < -0.3 is 9.53 Å². The molecule has 0 radical (unpaired) electrons. The Morgan fingerprint density at radius 3 is 3.20 bits per heavy atom. The predicted octanol–water partition coefficient (Wildman–Crippen LogP) is 1.86. The van der Waals surface area contributed by atoms with Crippen LogP contribution in [0.5, 0.6) is 0 Å². The Morgan fingerprint density at radius 1 is 1.60 bits per heavy atom. The molecule has 2 fully saturated rings. The van der Waals surface area contributed by atoms with E-state index in [0.29, 0.717) is 6.04 Å². The molecule has 1 N–H and O–H groups in total. The molecule has 3 unspecified atom stereocenters. The van der Waals surface area contributed by atoms with Crippen LogP contribution >= 0.6 is 0 Å². The summed E-state index contributed by atoms with van der Waals surface area (Å²) in [7, 11) is 0. The largest absolute Gasteiger partial charge is 0.361 e. The molecule has 0 aromatic carbocycles. The van der Waals surface area contributed by atoms with Crippen LogP contribution in [-0.2, 0) is 9.53 Å². The molecule has 2 saturated heterocycles. The summed E-state index contributed by atoms with van der Waals surface area (Å²) >= 11 is 0. The fraction of sp³-hybridized carbons (Fsp3) is 0.917. The number of ether oxygens (including phenoxy) is 1. The van der Waals surface area contributed by atoms with Gasteiger partial charge in [0, 0.05) is 18.6 Å². The Balaban J connectivity index is 1.91. The van der Waals surface area contributed by atoms with Gasteiger partial charge in [-0.25, -0.2) is 0 Å². The van der Waals surface area contributed by atoms with Gasteiger partial charge in [0.2, 0.25) is 0 Å². The number of hydrogen-bond donors (Lipinski definition) is 1. The second-order valence-electron chi connectivity index (χ2n) is 4.91. The van der Waals surface area contributed by atoms with E-state index in [1.165, 1.54) is 0 Å². The minimum absolute atomic E-state index is 0.163. The van der Waals surface area contributed by atoms with Crippen LogP contribution in [0.15, 0.2) is 0 Å². The molecule has 2 rings (SSSR count). The molecule has 2 aliphatic rings. The number of carbonyl (C=O) groups excluding carboxylic acids is 1. The molecule has 2 bridgehead atoms. The van der Waals surface area contributed by atoms with E-state index in [2.05, 4.69) is 12.2 Å². The molecule has 0 spiro atoms. The number of aldehydes is 1. The van der Waals surface area contributed by atoms with Crippen molar-refractivity contribution in [3.63, 3.8) is 0 Å². The van der Waals surface area contributed by atoms with Crippen molar-refractivity contribution in [1.82, 2.24) is 5.32 Å². The van der Waals surface area contributed by atoms with Crippen LogP contribution in [0.4, 0.5) is 0 Å². The summed E-state index contributed by atoms with van der Waals surface area (Å²) in [6.45, 7) is 2.99. The zero-order valence-electron chi connectivity index (χ0n) is 9.50. The maximum absolute atomic E-state index is 10.9. The van der Waals surface area contributed by atoms with Crippen LogP contribution in [0.2, 0.25) is 0 Å². The van der Waals surface area contributed by atoms with E-state index in [-0.39, 0.29) is 11.6 Å². The quantitative estimate of drug-likeness (QED) is 0.557. The Labute approximate surface area is 91.6 Å². The van der Waals surface area contributed by atoms with Gasteiger partial charge in [0.25, 0.3) is 0 Å². The highest BCUT2D eigenvalue weighted by atomic mass is 16.5. The van der Waals surface area contributed by atoms with Crippen molar-refractivity contribution in [2.24, 2.45) is 5.92 Å². The van der Waals surface area contributed by atoms with Crippen molar-refractivity contribution >= 4 is 6.29 Å². The molecule has 0 amide bonds. The molecule has 86 valence electrons. The topological polar surface area (TPSA) is 38.3 Å². The monoisotopic (exact) mass is 211 g/mol. The molecule has 0 saturated carbocycles. The smallest absolute Gasteiger partial charge is 0.123 e. The molecule has 3 nitrogen and oxygen atoms in total. The van der Waals surface area contributed by atoms with Crippen LogP contribution in [-0.4, -0.2) is 24.7 Å². The Bertz CT molecular complexity index is 232. The molecule has 3 heteroatoms. The fourth-order valence-corrected chi connectivity index (χ4v) is 2.82. The zero-order valence-corrected chi connectivity index (χ0v) is 9.50. The first kappa shape index (κ1) is 11.1. The number of unbranched alkanes of at least 4 members (excludes halogenated alkanes) is 1. The van der Waals surface area contributed by atoms with E-state index in [1.54, 1.807) is 0 Å². The van der Waals surface area contributed by atoms with Crippen molar-refractivity contribution in [3.8, 4) is 0 Å². The van der Waals surface area contributed by atoms with Gasteiger partial charge in [-0.1, -0.05) is 13.3 Å². The van der Waals surface area contributed by atoms with Crippen LogP contribution in [0.1, 0.15) is 45.4 Å². The highest BCUT2D eigenvalue weighted by Crippen LogP contribution is 2.38. The van der Waals surface area contributed by atoms with Crippen molar-refractivity contribution in [3.05, 3.63) is 0 Å². The maximum Gasteiger partial charge on any atom is 0.123 e. The summed E-state index contributed by atoms with van der Waals surface area (Å²) in [5.41, 5.74) is -0.163. The number of hydrogen-bond acceptors (Lipinski definition) is 3. The average Bonchev–Trinajstić information content (AvgIpc) is 2.55. The Morgan fingerprint density at radius 2 is 2.47 bits per heavy atom. The molecule has 0 aromatic heterocycles. The number of carbonyl (C=O) groups is 1. The number of rotatable bonds is 5. The summed E-state index contributed by atoms with van der Waals surface area (Å²) in [6, 6.07) is 0.510. The van der Waals surface area contributed by atoms with Crippen molar-refractivity contribution in [1.29, 1.82) is 0 Å². The van der Waals surface area contributed by atoms with Crippen LogP contribution in [0.25, 0.3) is 0 Å². The predicted molar refractivity (Wildman–Crippen MR) is 58.5 cm³/mol. The van der Waals surface area contributed by atoms with Crippen molar-refractivity contribution in [2.75, 3.05) is 6.61 Å². The summed E-state index contributed by atoms with van der Waals surface area (Å²) in [6.07, 6.45) is 7.49. The lowest BCUT2D eigenvalue weighted by atomic mass is 9.91. The Kier molecular flexibility index (Phi) is 3.42. The first-order chi connectivity index (χ1) is 7.28. The van der Waals surface area contributed by atoms with E-state index in [9.17, 15) is 4.79 Å². The first-order valence-electron chi connectivity index (χ1n) is 6.15. The number of piperidine rings is 1. The number of fused-ring (bicyclic) bond motifs is 2. The summed E-state index contributed by atoms with van der Waals surface area (Å²) in [5.74, 6) is 0.209. The summed E-state index contributed by atoms with van der Waals surface area (Å²) in [4.78, 5) is 10.9. The maximum atomic E-state index is 10.9. The van der Waals surface area contributed by atoms with Crippen LogP contribution in [0, 0.1) is 5.92 Å². The minimum Gasteiger partial charge on any atom is -0.361 e. The van der Waals surface area contributed by atoms with E-state index in [1.807, 2.05) is 0 Å². The lowest BCUT2D eigenvalue weighted by molar-refractivity contribution is -0.121. The van der Waals surface area contributed by atoms with Crippen molar-refractivity contribution in [2.45, 2.75) is 57.2 Å². The molecule has 0 aromatic rings. The molecular formula is C12H21NO2. The lowest BCUT2D eigenvalue weighted by Crippen LogP contribution is -2.51. The zero-order chi connectivity index (χ0) is 10.7. The normalized spacial score (nSPS) is 39.3. The standard InChI is InChI=1S/C12H21NO2/c1-2-3-6-15-12-5-4-11(13-12)7-10(8-12)9-14/h9-11,13H,2-8H2,1H3. The minimum atomic E-state index is -0.163. The number of nitrogens with one attached hydrogen (secondary N) is 1. The van der Waals surface area contributed by atoms with Gasteiger partial charge in [-0.05, 0) is 32.1 Å². The summed E-state index contributed by atoms with van der Waals surface area (Å²) in [5, 5.41) is 3.55. The highest BCUT2D eigenvalue weighted by molar-refractivity contribution is 5.54. The van der Waals surface area contributed by atoms with E-state index in [0.717, 1.165) is 51.4 Å². The van der Waals surface area contributed by atoms with Gasteiger partial charge in [-0.2, -0.15) is 0 Å². The third-order valence-electron chi connectivity index (χ3n) is 3.61. The van der Waals surface area contributed by atoms with Gasteiger partial charge in [0.05, 0.1) is 0 Å². The first-order valence-corrected chi connectivity index (χ1v) is 6.15. The third-order valence-corrected chi connectivity index (χ3v) is 3.61. The van der Waals surface area contributed by atoms with E-state index >= 15 is 0 Å². The SMILES string of the molecule is CCCCOC12CCC(CC(C=O)C1)N2. The lowest BCUT2D eigenvalue weighted by Gasteiger charge is -2.37. The van der Waals surface area contributed by atoms with Crippen LogP contribution < -0.4 is 5.32 Å². The highest BCUT2D eigenvalue weighted by Gasteiger charge is 2.45. The van der Waals surface area contributed by atoms with Gasteiger partial charge >= 0.3 is 0 Å². The molecular weight excluding hydrogens is 190 g/mol. The van der Waals surface area contributed by atoms with Gasteiger partial charge in [-0.3, -0.25) is 5.32 Å². The molecule has 2 aliphatic heterocycles. The molecule has 0 aliphatic carbocycles. The molecule has 3 atom stereocenters. The van der Waals surface area contributed by atoms with E-state index < -0.39 is 0 Å². The van der Waals surface area contributed by atoms with Crippen LogP contribution in [0.3, 0.4) is 0 Å². The second-order valence-corrected chi connectivity index (χ2v) is 4.91. The van der Waals surface area contributed by atoms with E-state index in [4.69, 9.17) is 4.74 Å². The average molecular weight is 211 g/mol. The van der Waals surface area contributed by atoms with Crippen molar-refractivity contribution < 1.29 is 9.53 Å². The van der Waals surface area contributed by atoms with Gasteiger partial charge in [0.15, 0.2) is 0 Å². The van der Waals surface area contributed by atoms with Gasteiger partial charge in [0.1, 0.15) is 12.0 Å². The third kappa shape index (κ3) is 2.40. The molecule has 15 heavy (non-hydrogen) atoms. The molecule has 2 heterocycles. The second kappa shape index (κ2) is 4.62. The Hall–Kier alpha value is -0.410.